The minimum absolute atomic E-state index is 0.854. The molecular formula is C16H32N2. The maximum Gasteiger partial charge on any atom is 0.00219 e. The monoisotopic (exact) mass is 252 g/mol. The maximum absolute atomic E-state index is 2.72. The van der Waals surface area contributed by atoms with E-state index in [9.17, 15) is 0 Å². The van der Waals surface area contributed by atoms with E-state index < -0.39 is 0 Å². The lowest BCUT2D eigenvalue weighted by Gasteiger charge is -2.37. The van der Waals surface area contributed by atoms with Crippen molar-refractivity contribution in [1.29, 1.82) is 0 Å². The van der Waals surface area contributed by atoms with Gasteiger partial charge in [0.25, 0.3) is 0 Å². The normalized spacial score (nSPS) is 27.8. The molecular weight excluding hydrogens is 220 g/mol. The van der Waals surface area contributed by atoms with Crippen molar-refractivity contribution in [3.8, 4) is 0 Å². The van der Waals surface area contributed by atoms with Crippen LogP contribution in [0, 0.1) is 11.8 Å². The standard InChI is InChI=1S/C16H32N2/c1-15(2)8-12-18-11-6-7-16(14-18)13-17-9-4-3-5-10-17/h15-16H,3-14H2,1-2H3/t16-/m0/s1. The minimum atomic E-state index is 0.854. The van der Waals surface area contributed by atoms with Crippen molar-refractivity contribution in [3.63, 3.8) is 0 Å². The van der Waals surface area contributed by atoms with Gasteiger partial charge in [-0.3, -0.25) is 0 Å². The first-order valence-corrected chi connectivity index (χ1v) is 8.19. The van der Waals surface area contributed by atoms with Crippen LogP contribution in [0.3, 0.4) is 0 Å². The summed E-state index contributed by atoms with van der Waals surface area (Å²) in [6.07, 6.45) is 8.59. The van der Waals surface area contributed by atoms with Crippen LogP contribution in [0.4, 0.5) is 0 Å². The van der Waals surface area contributed by atoms with Gasteiger partial charge < -0.3 is 9.80 Å². The lowest BCUT2D eigenvalue weighted by Crippen LogP contribution is -2.42. The summed E-state index contributed by atoms with van der Waals surface area (Å²) in [4.78, 5) is 5.44. The summed E-state index contributed by atoms with van der Waals surface area (Å²) < 4.78 is 0. The molecule has 106 valence electrons. The summed E-state index contributed by atoms with van der Waals surface area (Å²) in [5.41, 5.74) is 0. The number of likely N-dealkylation sites (tertiary alicyclic amines) is 2. The van der Waals surface area contributed by atoms with E-state index in [1.807, 2.05) is 0 Å². The molecule has 0 aromatic carbocycles. The Hall–Kier alpha value is -0.0800. The van der Waals surface area contributed by atoms with Crippen molar-refractivity contribution in [1.82, 2.24) is 9.80 Å². The number of hydrogen-bond acceptors (Lipinski definition) is 2. The zero-order valence-corrected chi connectivity index (χ0v) is 12.5. The Morgan fingerprint density at radius 2 is 1.67 bits per heavy atom. The highest BCUT2D eigenvalue weighted by atomic mass is 15.2. The minimum Gasteiger partial charge on any atom is -0.303 e. The molecule has 18 heavy (non-hydrogen) atoms. The first kappa shape index (κ1) is 14.3. The van der Waals surface area contributed by atoms with Crippen LogP contribution >= 0.6 is 0 Å². The molecule has 0 unspecified atom stereocenters. The topological polar surface area (TPSA) is 6.48 Å². The molecule has 0 saturated carbocycles. The highest BCUT2D eigenvalue weighted by Gasteiger charge is 2.22. The van der Waals surface area contributed by atoms with Gasteiger partial charge in [-0.15, -0.1) is 0 Å². The highest BCUT2D eigenvalue weighted by Crippen LogP contribution is 2.20. The highest BCUT2D eigenvalue weighted by molar-refractivity contribution is 4.77. The lowest BCUT2D eigenvalue weighted by atomic mass is 9.96. The van der Waals surface area contributed by atoms with E-state index in [4.69, 9.17) is 0 Å². The quantitative estimate of drug-likeness (QED) is 0.741. The fourth-order valence-electron chi connectivity index (χ4n) is 3.45. The summed E-state index contributed by atoms with van der Waals surface area (Å²) >= 11 is 0. The van der Waals surface area contributed by atoms with Gasteiger partial charge in [-0.1, -0.05) is 20.3 Å². The molecule has 0 amide bonds. The van der Waals surface area contributed by atoms with Gasteiger partial charge in [-0.25, -0.2) is 0 Å². The van der Waals surface area contributed by atoms with Gasteiger partial charge in [0.05, 0.1) is 0 Å². The molecule has 0 radical (unpaired) electrons. The van der Waals surface area contributed by atoms with Gasteiger partial charge in [-0.05, 0) is 70.1 Å². The van der Waals surface area contributed by atoms with Gasteiger partial charge in [0.15, 0.2) is 0 Å². The zero-order valence-electron chi connectivity index (χ0n) is 12.5. The van der Waals surface area contributed by atoms with Gasteiger partial charge in [0, 0.05) is 13.1 Å². The summed E-state index contributed by atoms with van der Waals surface area (Å²) in [6, 6.07) is 0. The Morgan fingerprint density at radius 1 is 0.944 bits per heavy atom. The fraction of sp³-hybridized carbons (Fsp3) is 1.00. The summed E-state index contributed by atoms with van der Waals surface area (Å²) in [5, 5.41) is 0. The van der Waals surface area contributed by atoms with Crippen LogP contribution in [0.1, 0.15) is 52.4 Å². The third-order valence-electron chi connectivity index (χ3n) is 4.59. The molecule has 2 saturated heterocycles. The van der Waals surface area contributed by atoms with Crippen molar-refractivity contribution in [3.05, 3.63) is 0 Å². The third-order valence-corrected chi connectivity index (χ3v) is 4.59. The van der Waals surface area contributed by atoms with Gasteiger partial charge in [-0.2, -0.15) is 0 Å². The zero-order chi connectivity index (χ0) is 12.8. The van der Waals surface area contributed by atoms with E-state index in [-0.39, 0.29) is 0 Å². The molecule has 2 aliphatic rings. The Labute approximate surface area is 114 Å². The second kappa shape index (κ2) is 7.49. The van der Waals surface area contributed by atoms with E-state index in [0.717, 1.165) is 11.8 Å². The molecule has 1 atom stereocenters. The number of nitrogens with zero attached hydrogens (tertiary/aromatic N) is 2. The molecule has 2 aliphatic heterocycles. The number of piperidine rings is 2. The van der Waals surface area contributed by atoms with E-state index in [1.165, 1.54) is 77.8 Å². The fourth-order valence-corrected chi connectivity index (χ4v) is 3.45. The van der Waals surface area contributed by atoms with Crippen molar-refractivity contribution in [2.45, 2.75) is 52.4 Å². The molecule has 0 bridgehead atoms. The average molecular weight is 252 g/mol. The smallest absolute Gasteiger partial charge is 0.00219 e. The predicted molar refractivity (Wildman–Crippen MR) is 78.9 cm³/mol. The van der Waals surface area contributed by atoms with Crippen LogP contribution in [-0.4, -0.2) is 49.1 Å². The lowest BCUT2D eigenvalue weighted by molar-refractivity contribution is 0.119. The summed E-state index contributed by atoms with van der Waals surface area (Å²) in [5.74, 6) is 1.80. The summed E-state index contributed by atoms with van der Waals surface area (Å²) in [7, 11) is 0. The molecule has 0 aromatic heterocycles. The Balaban J connectivity index is 1.68. The van der Waals surface area contributed by atoms with Crippen LogP contribution in [0.5, 0.6) is 0 Å². The largest absolute Gasteiger partial charge is 0.303 e. The van der Waals surface area contributed by atoms with E-state index >= 15 is 0 Å². The van der Waals surface area contributed by atoms with E-state index in [2.05, 4.69) is 23.6 Å². The van der Waals surface area contributed by atoms with Gasteiger partial charge in [0.1, 0.15) is 0 Å². The molecule has 0 N–H and O–H groups in total. The first-order valence-electron chi connectivity index (χ1n) is 8.19. The molecule has 2 heterocycles. The van der Waals surface area contributed by atoms with Crippen molar-refractivity contribution >= 4 is 0 Å². The first-order chi connectivity index (χ1) is 8.74. The molecule has 2 heteroatoms. The van der Waals surface area contributed by atoms with Gasteiger partial charge >= 0.3 is 0 Å². The average Bonchev–Trinajstić information content (AvgIpc) is 2.38. The molecule has 0 spiro atoms. The second-order valence-corrected chi connectivity index (χ2v) is 6.85. The van der Waals surface area contributed by atoms with Crippen LogP contribution in [-0.2, 0) is 0 Å². The van der Waals surface area contributed by atoms with Crippen molar-refractivity contribution < 1.29 is 0 Å². The van der Waals surface area contributed by atoms with Gasteiger partial charge in [0.2, 0.25) is 0 Å². The van der Waals surface area contributed by atoms with E-state index in [0.29, 0.717) is 0 Å². The number of hydrogen-bond donors (Lipinski definition) is 0. The third kappa shape index (κ3) is 4.89. The second-order valence-electron chi connectivity index (χ2n) is 6.85. The van der Waals surface area contributed by atoms with Crippen molar-refractivity contribution in [2.75, 3.05) is 39.3 Å². The summed E-state index contributed by atoms with van der Waals surface area (Å²) in [6.45, 7) is 12.8. The Kier molecular flexibility index (Phi) is 5.97. The molecule has 2 rings (SSSR count). The Morgan fingerprint density at radius 3 is 2.39 bits per heavy atom. The van der Waals surface area contributed by atoms with Crippen LogP contribution in [0.15, 0.2) is 0 Å². The predicted octanol–water partition coefficient (Wildman–Crippen LogP) is 3.23. The SMILES string of the molecule is CC(C)CCN1CCC[C@@H](CN2CCCCC2)C1. The van der Waals surface area contributed by atoms with Crippen LogP contribution in [0.2, 0.25) is 0 Å². The Bertz CT molecular complexity index is 221. The van der Waals surface area contributed by atoms with E-state index in [1.54, 1.807) is 0 Å². The van der Waals surface area contributed by atoms with Crippen molar-refractivity contribution in [2.24, 2.45) is 11.8 Å². The molecule has 0 aromatic rings. The van der Waals surface area contributed by atoms with Crippen LogP contribution in [0.25, 0.3) is 0 Å². The molecule has 2 nitrogen and oxygen atoms in total. The maximum atomic E-state index is 2.72. The van der Waals surface area contributed by atoms with Crippen LogP contribution < -0.4 is 0 Å². The molecule has 2 fully saturated rings. The molecule has 0 aliphatic carbocycles. The number of rotatable bonds is 5.